The Morgan fingerprint density at radius 2 is 1.90 bits per heavy atom. The number of methoxy groups -OCH3 is 1. The lowest BCUT2D eigenvalue weighted by atomic mass is 10.4. The van der Waals surface area contributed by atoms with Gasteiger partial charge >= 0.3 is 0 Å². The van der Waals surface area contributed by atoms with E-state index in [0.717, 1.165) is 13.0 Å². The van der Waals surface area contributed by atoms with Crippen molar-refractivity contribution in [2.24, 2.45) is 0 Å². The summed E-state index contributed by atoms with van der Waals surface area (Å²) in [7, 11) is 1.59. The molecule has 1 aromatic heterocycles. The molecule has 0 radical (unpaired) electrons. The van der Waals surface area contributed by atoms with E-state index in [4.69, 9.17) is 10.5 Å². The maximum atomic E-state index is 11.5. The van der Waals surface area contributed by atoms with E-state index in [2.05, 4.69) is 32.8 Å². The summed E-state index contributed by atoms with van der Waals surface area (Å²) in [6, 6.07) is 1.77. The van der Waals surface area contributed by atoms with Crippen molar-refractivity contribution in [2.75, 3.05) is 49.7 Å². The quantitative estimate of drug-likeness (QED) is 0.463. The number of amides is 1. The zero-order valence-electron chi connectivity index (χ0n) is 12.6. The SMILES string of the molecule is CCCNc1cc(NCCC(=O)NCCOC)nc(N)n1. The minimum absolute atomic E-state index is 0.0362. The molecule has 0 atom stereocenters. The second kappa shape index (κ2) is 9.76. The summed E-state index contributed by atoms with van der Waals surface area (Å²) >= 11 is 0. The lowest BCUT2D eigenvalue weighted by Gasteiger charge is -2.09. The molecule has 1 rings (SSSR count). The average molecular weight is 296 g/mol. The fourth-order valence-corrected chi connectivity index (χ4v) is 1.59. The van der Waals surface area contributed by atoms with Crippen LogP contribution < -0.4 is 21.7 Å². The fourth-order valence-electron chi connectivity index (χ4n) is 1.59. The molecule has 8 heteroatoms. The number of hydrogen-bond donors (Lipinski definition) is 4. The summed E-state index contributed by atoms with van der Waals surface area (Å²) in [6.45, 7) is 4.38. The third-order valence-corrected chi connectivity index (χ3v) is 2.59. The largest absolute Gasteiger partial charge is 0.383 e. The van der Waals surface area contributed by atoms with Gasteiger partial charge in [0.2, 0.25) is 11.9 Å². The number of rotatable bonds is 10. The Morgan fingerprint density at radius 1 is 1.24 bits per heavy atom. The molecule has 118 valence electrons. The molecule has 0 saturated carbocycles. The van der Waals surface area contributed by atoms with Crippen molar-refractivity contribution in [3.63, 3.8) is 0 Å². The van der Waals surface area contributed by atoms with Gasteiger partial charge in [0.15, 0.2) is 0 Å². The number of aromatic nitrogens is 2. The Balaban J connectivity index is 2.37. The minimum Gasteiger partial charge on any atom is -0.383 e. The standard InChI is InChI=1S/C13H24N6O2/c1-3-5-15-10-9-11(19-13(14)18-10)16-6-4-12(20)17-7-8-21-2/h9H,3-8H2,1-2H3,(H,17,20)(H4,14,15,16,18,19). The molecule has 21 heavy (non-hydrogen) atoms. The van der Waals surface area contributed by atoms with E-state index in [1.54, 1.807) is 13.2 Å². The summed E-state index contributed by atoms with van der Waals surface area (Å²) in [5.74, 6) is 1.44. The minimum atomic E-state index is -0.0362. The smallest absolute Gasteiger partial charge is 0.223 e. The maximum Gasteiger partial charge on any atom is 0.223 e. The predicted octanol–water partition coefficient (Wildman–Crippen LogP) is 0.445. The average Bonchev–Trinajstić information content (AvgIpc) is 2.45. The molecule has 0 aliphatic heterocycles. The topological polar surface area (TPSA) is 114 Å². The Hall–Kier alpha value is -2.09. The van der Waals surface area contributed by atoms with Gasteiger partial charge in [-0.25, -0.2) is 0 Å². The molecule has 1 amide bonds. The van der Waals surface area contributed by atoms with Gasteiger partial charge in [-0.1, -0.05) is 6.92 Å². The van der Waals surface area contributed by atoms with Crippen molar-refractivity contribution in [3.8, 4) is 0 Å². The van der Waals surface area contributed by atoms with Gasteiger partial charge in [0.1, 0.15) is 11.6 Å². The number of nitrogens with one attached hydrogen (secondary N) is 3. The predicted molar refractivity (Wildman–Crippen MR) is 83.2 cm³/mol. The van der Waals surface area contributed by atoms with Crippen molar-refractivity contribution in [1.29, 1.82) is 0 Å². The van der Waals surface area contributed by atoms with Gasteiger partial charge < -0.3 is 26.4 Å². The maximum absolute atomic E-state index is 11.5. The molecule has 0 spiro atoms. The molecule has 0 aliphatic rings. The molecule has 0 fully saturated rings. The second-order valence-corrected chi connectivity index (χ2v) is 4.44. The molecule has 0 aromatic carbocycles. The molecule has 5 N–H and O–H groups in total. The Bertz CT molecular complexity index is 441. The van der Waals surface area contributed by atoms with E-state index in [-0.39, 0.29) is 11.9 Å². The Labute approximate surface area is 124 Å². The zero-order valence-corrected chi connectivity index (χ0v) is 12.6. The second-order valence-electron chi connectivity index (χ2n) is 4.44. The van der Waals surface area contributed by atoms with Crippen LogP contribution in [0, 0.1) is 0 Å². The van der Waals surface area contributed by atoms with E-state index in [9.17, 15) is 4.79 Å². The molecular weight excluding hydrogens is 272 g/mol. The summed E-state index contributed by atoms with van der Waals surface area (Å²) < 4.78 is 4.86. The highest BCUT2D eigenvalue weighted by Crippen LogP contribution is 2.12. The third-order valence-electron chi connectivity index (χ3n) is 2.59. The van der Waals surface area contributed by atoms with Gasteiger partial charge in [0, 0.05) is 39.2 Å². The lowest BCUT2D eigenvalue weighted by molar-refractivity contribution is -0.121. The first-order valence-electron chi connectivity index (χ1n) is 7.03. The van der Waals surface area contributed by atoms with Crippen LogP contribution >= 0.6 is 0 Å². The summed E-state index contributed by atoms with van der Waals surface area (Å²) in [5, 5.41) is 8.95. The molecule has 1 aromatic rings. The number of ether oxygens (including phenoxy) is 1. The molecule has 0 aliphatic carbocycles. The van der Waals surface area contributed by atoms with Crippen LogP contribution in [0.15, 0.2) is 6.07 Å². The van der Waals surface area contributed by atoms with Crippen molar-refractivity contribution in [2.45, 2.75) is 19.8 Å². The Morgan fingerprint density at radius 3 is 2.52 bits per heavy atom. The summed E-state index contributed by atoms with van der Waals surface area (Å²) in [6.07, 6.45) is 1.35. The van der Waals surface area contributed by atoms with Crippen LogP contribution in [0.2, 0.25) is 0 Å². The molecular formula is C13H24N6O2. The van der Waals surface area contributed by atoms with Crippen molar-refractivity contribution in [1.82, 2.24) is 15.3 Å². The number of nitrogens with zero attached hydrogens (tertiary/aromatic N) is 2. The highest BCUT2D eigenvalue weighted by molar-refractivity contribution is 5.76. The van der Waals surface area contributed by atoms with Crippen LogP contribution in [0.3, 0.4) is 0 Å². The molecule has 0 saturated heterocycles. The van der Waals surface area contributed by atoms with Crippen molar-refractivity contribution < 1.29 is 9.53 Å². The third kappa shape index (κ3) is 7.31. The van der Waals surface area contributed by atoms with Gasteiger partial charge in [-0.15, -0.1) is 0 Å². The summed E-state index contributed by atoms with van der Waals surface area (Å²) in [5.41, 5.74) is 5.65. The van der Waals surface area contributed by atoms with Crippen LogP contribution in [0.25, 0.3) is 0 Å². The van der Waals surface area contributed by atoms with E-state index in [1.807, 2.05) is 0 Å². The summed E-state index contributed by atoms with van der Waals surface area (Å²) in [4.78, 5) is 19.7. The first kappa shape index (κ1) is 17.0. The highest BCUT2D eigenvalue weighted by Gasteiger charge is 2.04. The number of hydrogen-bond acceptors (Lipinski definition) is 7. The van der Waals surface area contributed by atoms with Gasteiger partial charge in [0.25, 0.3) is 0 Å². The molecule has 0 bridgehead atoms. The normalized spacial score (nSPS) is 10.2. The zero-order chi connectivity index (χ0) is 15.5. The molecule has 0 unspecified atom stereocenters. The van der Waals surface area contributed by atoms with Gasteiger partial charge in [-0.05, 0) is 6.42 Å². The van der Waals surface area contributed by atoms with Crippen LogP contribution in [0.4, 0.5) is 17.6 Å². The van der Waals surface area contributed by atoms with Crippen molar-refractivity contribution >= 4 is 23.5 Å². The van der Waals surface area contributed by atoms with Gasteiger partial charge in [-0.2, -0.15) is 9.97 Å². The first-order valence-corrected chi connectivity index (χ1v) is 7.03. The number of nitrogen functional groups attached to an aromatic ring is 1. The van der Waals surface area contributed by atoms with Crippen LogP contribution in [-0.4, -0.2) is 49.2 Å². The van der Waals surface area contributed by atoms with Crippen LogP contribution in [0.1, 0.15) is 19.8 Å². The number of carbonyl (C=O) groups is 1. The highest BCUT2D eigenvalue weighted by atomic mass is 16.5. The van der Waals surface area contributed by atoms with E-state index in [1.165, 1.54) is 0 Å². The number of anilines is 3. The fraction of sp³-hybridized carbons (Fsp3) is 0.615. The van der Waals surface area contributed by atoms with E-state index < -0.39 is 0 Å². The van der Waals surface area contributed by atoms with Gasteiger partial charge in [-0.3, -0.25) is 4.79 Å². The Kier molecular flexibility index (Phi) is 7.88. The van der Waals surface area contributed by atoms with E-state index >= 15 is 0 Å². The van der Waals surface area contributed by atoms with Crippen LogP contribution in [0.5, 0.6) is 0 Å². The van der Waals surface area contributed by atoms with Crippen LogP contribution in [-0.2, 0) is 9.53 Å². The number of carbonyl (C=O) groups excluding carboxylic acids is 1. The molecule has 1 heterocycles. The first-order chi connectivity index (χ1) is 10.2. The monoisotopic (exact) mass is 296 g/mol. The lowest BCUT2D eigenvalue weighted by Crippen LogP contribution is -2.28. The molecule has 8 nitrogen and oxygen atoms in total. The number of nitrogens with two attached hydrogens (primary N) is 1. The van der Waals surface area contributed by atoms with Gasteiger partial charge in [0.05, 0.1) is 6.61 Å². The van der Waals surface area contributed by atoms with Crippen molar-refractivity contribution in [3.05, 3.63) is 6.07 Å². The van der Waals surface area contributed by atoms with E-state index in [0.29, 0.717) is 37.8 Å².